The summed E-state index contributed by atoms with van der Waals surface area (Å²) in [6, 6.07) is 7.72. The number of anilines is 2. The van der Waals surface area contributed by atoms with Crippen LogP contribution in [0.1, 0.15) is 25.6 Å². The fourth-order valence-corrected chi connectivity index (χ4v) is 3.46. The Morgan fingerprint density at radius 2 is 2.03 bits per heavy atom. The van der Waals surface area contributed by atoms with Crippen LogP contribution in [-0.2, 0) is 4.74 Å². The van der Waals surface area contributed by atoms with Gasteiger partial charge < -0.3 is 19.7 Å². The van der Waals surface area contributed by atoms with Crippen LogP contribution >= 0.6 is 23.2 Å². The summed E-state index contributed by atoms with van der Waals surface area (Å²) in [7, 11) is 0. The van der Waals surface area contributed by atoms with Gasteiger partial charge in [-0.1, -0.05) is 34.4 Å². The minimum absolute atomic E-state index is 0.0925. The first-order chi connectivity index (χ1) is 14.8. The van der Waals surface area contributed by atoms with Crippen LogP contribution in [0.2, 0.25) is 10.0 Å². The Kier molecular flexibility index (Phi) is 5.99. The third-order valence-electron chi connectivity index (χ3n) is 4.87. The highest BCUT2D eigenvalue weighted by molar-refractivity contribution is 6.42. The van der Waals surface area contributed by atoms with Crippen LogP contribution < -0.4 is 10.2 Å². The molecule has 0 spiro atoms. The largest absolute Gasteiger partial charge is 0.447 e. The molecule has 1 fully saturated rings. The van der Waals surface area contributed by atoms with Gasteiger partial charge in [-0.3, -0.25) is 4.90 Å². The Labute approximate surface area is 187 Å². The van der Waals surface area contributed by atoms with Gasteiger partial charge in [-0.2, -0.15) is 4.98 Å². The molecule has 3 atom stereocenters. The van der Waals surface area contributed by atoms with Gasteiger partial charge in [0.15, 0.2) is 5.76 Å². The summed E-state index contributed by atoms with van der Waals surface area (Å²) in [4.78, 5) is 22.0. The molecule has 2 aromatic heterocycles. The quantitative estimate of drug-likeness (QED) is 0.555. The lowest BCUT2D eigenvalue weighted by atomic mass is 10.1. The normalized spacial score (nSPS) is 18.0. The number of aromatic nitrogens is 3. The molecule has 31 heavy (non-hydrogen) atoms. The summed E-state index contributed by atoms with van der Waals surface area (Å²) < 4.78 is 10.5. The first-order valence-electron chi connectivity index (χ1n) is 9.49. The second kappa shape index (κ2) is 8.70. The van der Waals surface area contributed by atoms with E-state index in [9.17, 15) is 9.90 Å². The molecule has 1 aliphatic rings. The molecule has 3 heterocycles. The Morgan fingerprint density at radius 1 is 1.23 bits per heavy atom. The lowest BCUT2D eigenvalue weighted by Crippen LogP contribution is -2.41. The fraction of sp³-hybridized carbons (Fsp3) is 0.300. The second-order valence-electron chi connectivity index (χ2n) is 7.10. The monoisotopic (exact) mass is 463 g/mol. The summed E-state index contributed by atoms with van der Waals surface area (Å²) in [6.45, 7) is 3.55. The van der Waals surface area contributed by atoms with E-state index >= 15 is 0 Å². The van der Waals surface area contributed by atoms with Crippen molar-refractivity contribution < 1.29 is 19.2 Å². The number of cyclic esters (lactones) is 1. The minimum Gasteiger partial charge on any atom is -0.447 e. The van der Waals surface area contributed by atoms with Crippen molar-refractivity contribution in [2.24, 2.45) is 0 Å². The maximum Gasteiger partial charge on any atom is 0.416 e. The first kappa shape index (κ1) is 21.4. The third kappa shape index (κ3) is 4.43. The van der Waals surface area contributed by atoms with Crippen LogP contribution in [0.5, 0.6) is 0 Å². The molecule has 0 radical (unpaired) electrons. The van der Waals surface area contributed by atoms with E-state index in [-0.39, 0.29) is 18.6 Å². The molecular formula is C20H19Cl2N5O4. The van der Waals surface area contributed by atoms with Crippen LogP contribution in [0.15, 0.2) is 41.1 Å². The summed E-state index contributed by atoms with van der Waals surface area (Å²) >= 11 is 12.0. The van der Waals surface area contributed by atoms with E-state index in [2.05, 4.69) is 20.4 Å². The van der Waals surface area contributed by atoms with Gasteiger partial charge in [0, 0.05) is 17.8 Å². The van der Waals surface area contributed by atoms with Crippen LogP contribution in [-0.4, -0.2) is 45.1 Å². The molecule has 0 saturated carbocycles. The molecule has 9 nitrogen and oxygen atoms in total. The summed E-state index contributed by atoms with van der Waals surface area (Å²) in [5.41, 5.74) is 1.38. The zero-order valence-electron chi connectivity index (χ0n) is 16.6. The summed E-state index contributed by atoms with van der Waals surface area (Å²) in [6.07, 6.45) is 0.180. The summed E-state index contributed by atoms with van der Waals surface area (Å²) in [5, 5.41) is 18.0. The molecule has 1 aromatic carbocycles. The average molecular weight is 464 g/mol. The second-order valence-corrected chi connectivity index (χ2v) is 7.92. The van der Waals surface area contributed by atoms with Crippen LogP contribution in [0.25, 0.3) is 11.3 Å². The van der Waals surface area contributed by atoms with E-state index in [0.717, 1.165) is 5.56 Å². The molecule has 162 valence electrons. The predicted molar refractivity (Wildman–Crippen MR) is 115 cm³/mol. The molecule has 2 unspecified atom stereocenters. The van der Waals surface area contributed by atoms with Gasteiger partial charge in [0.25, 0.3) is 0 Å². The highest BCUT2D eigenvalue weighted by atomic mass is 35.5. The fourth-order valence-electron chi connectivity index (χ4n) is 3.16. The Morgan fingerprint density at radius 3 is 2.77 bits per heavy atom. The van der Waals surface area contributed by atoms with Crippen molar-refractivity contribution in [3.63, 3.8) is 0 Å². The van der Waals surface area contributed by atoms with Gasteiger partial charge in [0.1, 0.15) is 24.2 Å². The van der Waals surface area contributed by atoms with Gasteiger partial charge in [0.2, 0.25) is 5.95 Å². The third-order valence-corrected chi connectivity index (χ3v) is 5.61. The topological polar surface area (TPSA) is 114 Å². The molecule has 4 rings (SSSR count). The minimum atomic E-state index is -0.772. The van der Waals surface area contributed by atoms with Crippen molar-refractivity contribution in [3.8, 4) is 11.3 Å². The van der Waals surface area contributed by atoms with E-state index in [1.165, 1.54) is 11.1 Å². The molecule has 0 aliphatic carbocycles. The standard InChI is InChI=1S/C20H19Cl2N5O4/c1-10(17-8-15(26-31-17)12-3-4-13(21)14(22)7-12)24-19-23-6-5-18(25-19)27-16(11(2)28)9-30-20(27)29/h3-8,10-11,16,28H,9H2,1-2H3,(H,23,24,25)/t10?,11-,16?/m1/s1. The number of nitrogens with one attached hydrogen (secondary N) is 1. The Hall–Kier alpha value is -2.88. The number of carbonyl (C=O) groups excluding carboxylic acids is 1. The number of halogens is 2. The highest BCUT2D eigenvalue weighted by Crippen LogP contribution is 2.30. The van der Waals surface area contributed by atoms with E-state index in [0.29, 0.717) is 27.3 Å². The molecule has 0 bridgehead atoms. The first-order valence-corrected chi connectivity index (χ1v) is 10.2. The van der Waals surface area contributed by atoms with E-state index < -0.39 is 18.2 Å². The molecule has 1 amide bonds. The van der Waals surface area contributed by atoms with E-state index in [1.807, 2.05) is 6.92 Å². The maximum absolute atomic E-state index is 12.1. The van der Waals surface area contributed by atoms with Crippen LogP contribution in [0, 0.1) is 0 Å². The number of hydrogen-bond acceptors (Lipinski definition) is 8. The van der Waals surface area contributed by atoms with Gasteiger partial charge in [-0.25, -0.2) is 9.78 Å². The lowest BCUT2D eigenvalue weighted by molar-refractivity contribution is 0.142. The van der Waals surface area contributed by atoms with Gasteiger partial charge in [0.05, 0.1) is 22.2 Å². The maximum atomic E-state index is 12.1. The van der Waals surface area contributed by atoms with Crippen molar-refractivity contribution >= 4 is 41.1 Å². The molecule has 1 aliphatic heterocycles. The smallest absolute Gasteiger partial charge is 0.416 e. The van der Waals surface area contributed by atoms with E-state index in [1.54, 1.807) is 37.3 Å². The van der Waals surface area contributed by atoms with E-state index in [4.69, 9.17) is 32.5 Å². The van der Waals surface area contributed by atoms with Gasteiger partial charge in [-0.15, -0.1) is 0 Å². The van der Waals surface area contributed by atoms with Crippen molar-refractivity contribution in [3.05, 3.63) is 52.3 Å². The number of rotatable bonds is 6. The molecule has 2 N–H and O–H groups in total. The number of ether oxygens (including phenoxy) is 1. The number of aliphatic hydroxyl groups is 1. The van der Waals surface area contributed by atoms with Crippen molar-refractivity contribution in [1.29, 1.82) is 0 Å². The Balaban J connectivity index is 1.51. The Bertz CT molecular complexity index is 1110. The van der Waals surface area contributed by atoms with Crippen molar-refractivity contribution in [1.82, 2.24) is 15.1 Å². The predicted octanol–water partition coefficient (Wildman–Crippen LogP) is 4.32. The molecular weight excluding hydrogens is 445 g/mol. The van der Waals surface area contributed by atoms with Crippen molar-refractivity contribution in [2.45, 2.75) is 32.0 Å². The number of hydrogen-bond donors (Lipinski definition) is 2. The molecule has 11 heteroatoms. The number of benzene rings is 1. The molecule has 1 saturated heterocycles. The van der Waals surface area contributed by atoms with Gasteiger partial charge in [-0.05, 0) is 32.0 Å². The number of amides is 1. The highest BCUT2D eigenvalue weighted by Gasteiger charge is 2.38. The van der Waals surface area contributed by atoms with Gasteiger partial charge >= 0.3 is 6.09 Å². The number of nitrogens with zero attached hydrogens (tertiary/aromatic N) is 4. The van der Waals surface area contributed by atoms with Crippen LogP contribution in [0.3, 0.4) is 0 Å². The number of aliphatic hydroxyl groups excluding tert-OH is 1. The average Bonchev–Trinajstić information content (AvgIpc) is 3.37. The van der Waals surface area contributed by atoms with Crippen LogP contribution in [0.4, 0.5) is 16.6 Å². The zero-order chi connectivity index (χ0) is 22.1. The lowest BCUT2D eigenvalue weighted by Gasteiger charge is -2.22. The number of carbonyl (C=O) groups is 1. The van der Waals surface area contributed by atoms with Crippen molar-refractivity contribution in [2.75, 3.05) is 16.8 Å². The molecule has 3 aromatic rings. The zero-order valence-corrected chi connectivity index (χ0v) is 18.1. The SMILES string of the molecule is CC(Nc1nccc(N2C(=O)OCC2[C@@H](C)O)n1)c1cc(-c2ccc(Cl)c(Cl)c2)no1. The summed E-state index contributed by atoms with van der Waals surface area (Å²) in [5.74, 6) is 1.16.